The van der Waals surface area contributed by atoms with Crippen LogP contribution in [0.15, 0.2) is 42.5 Å². The maximum Gasteiger partial charge on any atom is 0.261 e. The molecule has 0 aliphatic carbocycles. The summed E-state index contributed by atoms with van der Waals surface area (Å²) in [6, 6.07) is 11.0. The Morgan fingerprint density at radius 1 is 1.00 bits per heavy atom. The molecule has 0 spiro atoms. The average Bonchev–Trinajstić information content (AvgIpc) is 3.09. The van der Waals surface area contributed by atoms with E-state index in [1.165, 1.54) is 9.80 Å². The smallest absolute Gasteiger partial charge is 0.261 e. The lowest BCUT2D eigenvalue weighted by Gasteiger charge is -2.29. The van der Waals surface area contributed by atoms with Crippen molar-refractivity contribution in [3.05, 3.63) is 69.2 Å². The fourth-order valence-electron chi connectivity index (χ4n) is 3.93. The van der Waals surface area contributed by atoms with E-state index in [1.807, 2.05) is 6.92 Å². The number of benzene rings is 2. The first kappa shape index (κ1) is 26.7. The van der Waals surface area contributed by atoms with Crippen LogP contribution in [0, 0.1) is 0 Å². The molecule has 0 saturated carbocycles. The quantitative estimate of drug-likeness (QED) is 0.345. The van der Waals surface area contributed by atoms with Gasteiger partial charge in [-0.15, -0.1) is 0 Å². The van der Waals surface area contributed by atoms with Crippen molar-refractivity contribution >= 4 is 46.8 Å². The molecule has 4 amide bonds. The fourth-order valence-corrected chi connectivity index (χ4v) is 4.25. The SMILES string of the molecule is CCCCNC(=O)C(C)N(Cc1ccc(Cl)c(Cl)c1)C(=O)CCCN1C(=O)c2ccccc2C1=O. The van der Waals surface area contributed by atoms with E-state index < -0.39 is 6.04 Å². The number of hydrogen-bond donors (Lipinski definition) is 1. The van der Waals surface area contributed by atoms with Crippen LogP contribution in [0.5, 0.6) is 0 Å². The van der Waals surface area contributed by atoms with Gasteiger partial charge < -0.3 is 10.2 Å². The summed E-state index contributed by atoms with van der Waals surface area (Å²) in [7, 11) is 0. The number of unbranched alkanes of at least 4 members (excludes halogenated alkanes) is 1. The highest BCUT2D eigenvalue weighted by molar-refractivity contribution is 6.42. The summed E-state index contributed by atoms with van der Waals surface area (Å²) >= 11 is 12.2. The van der Waals surface area contributed by atoms with Gasteiger partial charge in [0.15, 0.2) is 0 Å². The molecular formula is C26H29Cl2N3O4. The van der Waals surface area contributed by atoms with Gasteiger partial charge in [0.2, 0.25) is 11.8 Å². The molecule has 0 saturated heterocycles. The molecule has 1 N–H and O–H groups in total. The molecule has 0 fully saturated rings. The van der Waals surface area contributed by atoms with Gasteiger partial charge in [-0.2, -0.15) is 0 Å². The van der Waals surface area contributed by atoms with E-state index in [0.717, 1.165) is 18.4 Å². The molecule has 1 aliphatic rings. The topological polar surface area (TPSA) is 86.8 Å². The van der Waals surface area contributed by atoms with E-state index in [-0.39, 0.29) is 49.6 Å². The highest BCUT2D eigenvalue weighted by Gasteiger charge is 2.35. The van der Waals surface area contributed by atoms with E-state index in [4.69, 9.17) is 23.2 Å². The monoisotopic (exact) mass is 517 g/mol. The van der Waals surface area contributed by atoms with Crippen LogP contribution in [0.25, 0.3) is 0 Å². The van der Waals surface area contributed by atoms with Crippen molar-refractivity contribution in [2.75, 3.05) is 13.1 Å². The summed E-state index contributed by atoms with van der Waals surface area (Å²) in [4.78, 5) is 53.8. The zero-order valence-corrected chi connectivity index (χ0v) is 21.4. The summed E-state index contributed by atoms with van der Waals surface area (Å²) in [5, 5.41) is 3.64. The molecule has 35 heavy (non-hydrogen) atoms. The Morgan fingerprint density at radius 2 is 1.66 bits per heavy atom. The minimum atomic E-state index is -0.715. The van der Waals surface area contributed by atoms with E-state index >= 15 is 0 Å². The summed E-state index contributed by atoms with van der Waals surface area (Å²) in [6.45, 7) is 4.54. The minimum absolute atomic E-state index is 0.0707. The van der Waals surface area contributed by atoms with Gasteiger partial charge in [0, 0.05) is 26.1 Å². The van der Waals surface area contributed by atoms with Gasteiger partial charge in [-0.05, 0) is 49.6 Å². The highest BCUT2D eigenvalue weighted by Crippen LogP contribution is 2.25. The zero-order valence-electron chi connectivity index (χ0n) is 19.9. The molecule has 1 atom stereocenters. The number of imide groups is 1. The molecule has 3 rings (SSSR count). The third-order valence-corrected chi connectivity index (χ3v) is 6.72. The molecule has 0 radical (unpaired) electrons. The fraction of sp³-hybridized carbons (Fsp3) is 0.385. The molecule has 1 heterocycles. The lowest BCUT2D eigenvalue weighted by molar-refractivity contribution is -0.140. The largest absolute Gasteiger partial charge is 0.354 e. The minimum Gasteiger partial charge on any atom is -0.354 e. The first-order valence-electron chi connectivity index (χ1n) is 11.7. The van der Waals surface area contributed by atoms with Crippen molar-refractivity contribution in [1.82, 2.24) is 15.1 Å². The van der Waals surface area contributed by atoms with Gasteiger partial charge in [-0.25, -0.2) is 0 Å². The van der Waals surface area contributed by atoms with Crippen LogP contribution in [0.3, 0.4) is 0 Å². The van der Waals surface area contributed by atoms with Crippen LogP contribution in [0.1, 0.15) is 65.8 Å². The van der Waals surface area contributed by atoms with Crippen molar-refractivity contribution in [3.8, 4) is 0 Å². The van der Waals surface area contributed by atoms with Crippen molar-refractivity contribution in [1.29, 1.82) is 0 Å². The Kier molecular flexibility index (Phi) is 9.29. The lowest BCUT2D eigenvalue weighted by atomic mass is 10.1. The second-order valence-electron chi connectivity index (χ2n) is 8.50. The Balaban J connectivity index is 1.67. The van der Waals surface area contributed by atoms with Gasteiger partial charge >= 0.3 is 0 Å². The Hall–Kier alpha value is -2.90. The third-order valence-electron chi connectivity index (χ3n) is 5.98. The second-order valence-corrected chi connectivity index (χ2v) is 9.32. The van der Waals surface area contributed by atoms with Crippen LogP contribution in [-0.2, 0) is 16.1 Å². The number of nitrogens with one attached hydrogen (secondary N) is 1. The van der Waals surface area contributed by atoms with Crippen molar-refractivity contribution in [2.24, 2.45) is 0 Å². The van der Waals surface area contributed by atoms with Crippen LogP contribution in [0.4, 0.5) is 0 Å². The van der Waals surface area contributed by atoms with Crippen molar-refractivity contribution in [2.45, 2.75) is 52.1 Å². The first-order chi connectivity index (χ1) is 16.7. The maximum absolute atomic E-state index is 13.2. The van der Waals surface area contributed by atoms with Crippen LogP contribution in [0.2, 0.25) is 10.0 Å². The van der Waals surface area contributed by atoms with Gasteiger partial charge in [0.1, 0.15) is 6.04 Å². The number of carbonyl (C=O) groups excluding carboxylic acids is 4. The first-order valence-corrected chi connectivity index (χ1v) is 12.5. The normalized spacial score (nSPS) is 13.5. The van der Waals surface area contributed by atoms with Crippen LogP contribution < -0.4 is 5.32 Å². The molecule has 9 heteroatoms. The molecule has 0 bridgehead atoms. The van der Waals surface area contributed by atoms with Crippen molar-refractivity contribution in [3.63, 3.8) is 0 Å². The summed E-state index contributed by atoms with van der Waals surface area (Å²) in [5.74, 6) is -1.21. The average molecular weight is 518 g/mol. The number of nitrogens with zero attached hydrogens (tertiary/aromatic N) is 2. The predicted octanol–water partition coefficient (Wildman–Crippen LogP) is 4.70. The van der Waals surface area contributed by atoms with Gasteiger partial charge in [0.25, 0.3) is 11.8 Å². The van der Waals surface area contributed by atoms with Gasteiger partial charge in [0.05, 0.1) is 21.2 Å². The molecule has 7 nitrogen and oxygen atoms in total. The van der Waals surface area contributed by atoms with Gasteiger partial charge in [-0.1, -0.05) is 54.7 Å². The maximum atomic E-state index is 13.2. The number of carbonyl (C=O) groups is 4. The standard InChI is InChI=1S/C26H29Cl2N3O4/c1-3-4-13-29-24(33)17(2)31(16-18-11-12-21(27)22(28)15-18)23(32)10-7-14-30-25(34)19-8-5-6-9-20(19)26(30)35/h5-6,8-9,11-12,15,17H,3-4,7,10,13-14,16H2,1-2H3,(H,29,33). The number of fused-ring (bicyclic) bond motifs is 1. The molecule has 186 valence electrons. The van der Waals surface area contributed by atoms with Crippen LogP contribution in [-0.4, -0.2) is 52.6 Å². The van der Waals surface area contributed by atoms with E-state index in [2.05, 4.69) is 5.32 Å². The summed E-state index contributed by atoms with van der Waals surface area (Å²) in [5.41, 5.74) is 1.49. The number of halogens is 2. The third kappa shape index (κ3) is 6.41. The highest BCUT2D eigenvalue weighted by atomic mass is 35.5. The van der Waals surface area contributed by atoms with Crippen molar-refractivity contribution < 1.29 is 19.2 Å². The predicted molar refractivity (Wildman–Crippen MR) is 135 cm³/mol. The summed E-state index contributed by atoms with van der Waals surface area (Å²) < 4.78 is 0. The lowest BCUT2D eigenvalue weighted by Crippen LogP contribution is -2.48. The molecule has 0 aromatic heterocycles. The Bertz CT molecular complexity index is 1090. The molecular weight excluding hydrogens is 489 g/mol. The second kappa shape index (κ2) is 12.2. The number of amides is 4. The van der Waals surface area contributed by atoms with E-state index in [1.54, 1.807) is 49.4 Å². The molecule has 2 aromatic carbocycles. The summed E-state index contributed by atoms with van der Waals surface area (Å²) in [6.07, 6.45) is 2.14. The molecule has 1 unspecified atom stereocenters. The Labute approximate surface area is 215 Å². The number of hydrogen-bond acceptors (Lipinski definition) is 4. The van der Waals surface area contributed by atoms with Gasteiger partial charge in [-0.3, -0.25) is 24.1 Å². The van der Waals surface area contributed by atoms with Crippen LogP contribution >= 0.6 is 23.2 Å². The molecule has 2 aromatic rings. The molecule has 1 aliphatic heterocycles. The number of rotatable bonds is 11. The van der Waals surface area contributed by atoms with E-state index in [9.17, 15) is 19.2 Å². The zero-order chi connectivity index (χ0) is 25.5. The Morgan fingerprint density at radius 3 is 2.26 bits per heavy atom. The van der Waals surface area contributed by atoms with E-state index in [0.29, 0.717) is 27.7 Å².